The number of thiophene rings is 2. The van der Waals surface area contributed by atoms with E-state index in [9.17, 15) is 0 Å². The van der Waals surface area contributed by atoms with Crippen molar-refractivity contribution in [2.24, 2.45) is 0 Å². The highest BCUT2D eigenvalue weighted by molar-refractivity contribution is 7.21. The average molecular weight is 639 g/mol. The monoisotopic (exact) mass is 638 g/mol. The molecule has 246 valence electrons. The van der Waals surface area contributed by atoms with E-state index in [4.69, 9.17) is 28.0 Å². The van der Waals surface area contributed by atoms with E-state index >= 15 is 0 Å². The highest BCUT2D eigenvalue weighted by atomic mass is 32.1. The highest BCUT2D eigenvalue weighted by Crippen LogP contribution is 2.37. The molecular weight excluding hydrogens is 578 g/mol. The van der Waals surface area contributed by atoms with Gasteiger partial charge in [-0.3, -0.25) is 0 Å². The van der Waals surface area contributed by atoms with Crippen molar-refractivity contribution >= 4 is 41.9 Å². The molecule has 0 spiro atoms. The van der Waals surface area contributed by atoms with E-state index < -0.39 is 7.32 Å². The van der Waals surface area contributed by atoms with Gasteiger partial charge in [-0.15, -0.1) is 0 Å². The molecule has 2 aromatic heterocycles. The van der Waals surface area contributed by atoms with Gasteiger partial charge in [0.15, 0.2) is 0 Å². The lowest BCUT2D eigenvalue weighted by Gasteiger charge is -2.31. The summed E-state index contributed by atoms with van der Waals surface area (Å²) in [5.74, 6) is 0. The van der Waals surface area contributed by atoms with Crippen LogP contribution in [0.2, 0.25) is 0 Å². The first kappa shape index (κ1) is 40.3. The van der Waals surface area contributed by atoms with E-state index in [2.05, 4.69) is 83.7 Å². The fraction of sp³-hybridized carbons (Fsp3) is 0.758. The summed E-state index contributed by atoms with van der Waals surface area (Å²) in [6.07, 6.45) is 0.120. The fourth-order valence-corrected chi connectivity index (χ4v) is 5.81. The van der Waals surface area contributed by atoms with Gasteiger partial charge in [0.25, 0.3) is 0 Å². The summed E-state index contributed by atoms with van der Waals surface area (Å²) in [4.78, 5) is 0. The summed E-state index contributed by atoms with van der Waals surface area (Å²) in [5, 5.41) is 6.45. The molecule has 0 amide bonds. The van der Waals surface area contributed by atoms with E-state index in [-0.39, 0.29) is 35.4 Å². The highest BCUT2D eigenvalue weighted by Gasteiger charge is 2.53. The van der Waals surface area contributed by atoms with Gasteiger partial charge < -0.3 is 28.0 Å². The van der Waals surface area contributed by atoms with E-state index in [0.717, 1.165) is 13.2 Å². The zero-order chi connectivity index (χ0) is 33.3. The number of hydrogen-bond donors (Lipinski definition) is 0. The number of hydrogen-bond acceptors (Lipinski definition) is 8. The van der Waals surface area contributed by atoms with Crippen LogP contribution in [0.5, 0.6) is 0 Å². The van der Waals surface area contributed by atoms with Crippen molar-refractivity contribution in [3.63, 3.8) is 0 Å². The van der Waals surface area contributed by atoms with Crippen LogP contribution in [0.3, 0.4) is 0 Å². The van der Waals surface area contributed by atoms with Gasteiger partial charge in [-0.25, -0.2) is 0 Å². The maximum atomic E-state index is 5.92. The summed E-state index contributed by atoms with van der Waals surface area (Å²) in [6.45, 7) is 35.8. The Hall–Kier alpha value is -0.710. The lowest BCUT2D eigenvalue weighted by atomic mass is 9.76. The van der Waals surface area contributed by atoms with Crippen molar-refractivity contribution in [2.75, 3.05) is 19.8 Å². The molecule has 0 radical (unpaired) electrons. The molecule has 0 aromatic carbocycles. The molecule has 2 saturated heterocycles. The Kier molecular flexibility index (Phi) is 15.7. The average Bonchev–Trinajstić information content (AvgIpc) is 3.61. The van der Waals surface area contributed by atoms with Crippen molar-refractivity contribution in [1.29, 1.82) is 0 Å². The van der Waals surface area contributed by atoms with E-state index in [1.807, 2.05) is 55.4 Å². The SMILES string of the molecule is CC(C)(C)c1ccsc1.CC(C)OB1OC(C)(C)C(C)(C)O1.CC1(C)COB(c2sccc2C(C)(C)C)O1.CCOCC. The molecular formula is C33H60B2O6S2. The van der Waals surface area contributed by atoms with Gasteiger partial charge in [0.1, 0.15) is 0 Å². The third kappa shape index (κ3) is 13.7. The predicted octanol–water partition coefficient (Wildman–Crippen LogP) is 8.65. The third-order valence-electron chi connectivity index (χ3n) is 7.14. The van der Waals surface area contributed by atoms with Crippen LogP contribution in [0.25, 0.3) is 0 Å². The molecule has 4 rings (SSSR count). The van der Waals surface area contributed by atoms with Crippen LogP contribution in [-0.4, -0.2) is 57.2 Å². The molecule has 2 aliphatic heterocycles. The van der Waals surface area contributed by atoms with E-state index in [1.54, 1.807) is 22.7 Å². The van der Waals surface area contributed by atoms with Gasteiger partial charge >= 0.3 is 14.4 Å². The first-order chi connectivity index (χ1) is 19.6. The summed E-state index contributed by atoms with van der Waals surface area (Å²) < 4.78 is 34.4. The van der Waals surface area contributed by atoms with Crippen molar-refractivity contribution in [2.45, 2.75) is 145 Å². The minimum absolute atomic E-state index is 0.120. The van der Waals surface area contributed by atoms with Crippen molar-refractivity contribution in [1.82, 2.24) is 0 Å². The van der Waals surface area contributed by atoms with Gasteiger partial charge in [-0.2, -0.15) is 22.7 Å². The number of ether oxygens (including phenoxy) is 1. The molecule has 2 aliphatic rings. The Morgan fingerprint density at radius 2 is 1.40 bits per heavy atom. The van der Waals surface area contributed by atoms with Crippen LogP contribution in [-0.2, 0) is 38.8 Å². The summed E-state index contributed by atoms with van der Waals surface area (Å²) in [6, 6.07) is 4.36. The minimum atomic E-state index is -0.523. The van der Waals surface area contributed by atoms with Gasteiger partial charge in [0.05, 0.1) is 23.4 Å². The predicted molar refractivity (Wildman–Crippen MR) is 187 cm³/mol. The van der Waals surface area contributed by atoms with Gasteiger partial charge in [-0.1, -0.05) is 41.5 Å². The molecule has 4 heterocycles. The van der Waals surface area contributed by atoms with Crippen molar-refractivity contribution in [3.8, 4) is 0 Å². The normalized spacial score (nSPS) is 18.8. The van der Waals surface area contributed by atoms with Crippen LogP contribution in [0, 0.1) is 0 Å². The standard InChI is InChI=1S/C12H19BO2S.C9H19BO3.C8H12S.C4H10O/c1-11(2,3)9-6-7-16-10(9)13-14-8-12(4,5)15-13;1-7(2)11-10-12-8(3,4)9(5,6)13-10;1-8(2,3)7-4-5-9-6-7;1-3-5-4-2/h6-7H,8H2,1-5H3;7H,1-6H3;4-6H,1-3H3;3-4H2,1-2H3. The second-order valence-corrected chi connectivity index (χ2v) is 16.5. The van der Waals surface area contributed by atoms with Crippen LogP contribution in [0.15, 0.2) is 28.3 Å². The maximum absolute atomic E-state index is 5.92. The molecule has 43 heavy (non-hydrogen) atoms. The molecule has 0 aliphatic carbocycles. The van der Waals surface area contributed by atoms with E-state index in [0.29, 0.717) is 12.0 Å². The first-order valence-corrected chi connectivity index (χ1v) is 17.4. The molecule has 0 saturated carbocycles. The molecule has 2 aromatic rings. The van der Waals surface area contributed by atoms with E-state index in [1.165, 1.54) is 15.9 Å². The molecule has 0 N–H and O–H groups in total. The fourth-order valence-electron chi connectivity index (χ4n) is 3.85. The Labute approximate surface area is 272 Å². The topological polar surface area (TPSA) is 55.4 Å². The molecule has 0 unspecified atom stereocenters. The summed E-state index contributed by atoms with van der Waals surface area (Å²) >= 11 is 3.49. The largest absolute Gasteiger partial charge is 0.640 e. The van der Waals surface area contributed by atoms with Crippen LogP contribution < -0.4 is 4.78 Å². The number of rotatable bonds is 5. The summed E-state index contributed by atoms with van der Waals surface area (Å²) in [5.41, 5.74) is 2.49. The maximum Gasteiger partial charge on any atom is 0.640 e. The second kappa shape index (κ2) is 16.7. The van der Waals surface area contributed by atoms with Crippen LogP contribution in [0.1, 0.15) is 122 Å². The lowest BCUT2D eigenvalue weighted by Crippen LogP contribution is -2.41. The summed E-state index contributed by atoms with van der Waals surface area (Å²) in [7, 11) is -0.700. The lowest BCUT2D eigenvalue weighted by molar-refractivity contribution is 0.00578. The quantitative estimate of drug-likeness (QED) is 0.306. The molecule has 2 fully saturated rings. The van der Waals surface area contributed by atoms with Crippen LogP contribution in [0.4, 0.5) is 0 Å². The second-order valence-electron chi connectivity index (χ2n) is 14.7. The minimum Gasteiger partial charge on any atom is -0.404 e. The molecule has 10 heteroatoms. The first-order valence-electron chi connectivity index (χ1n) is 15.5. The Morgan fingerprint density at radius 3 is 1.72 bits per heavy atom. The molecule has 6 nitrogen and oxygen atoms in total. The molecule has 0 bridgehead atoms. The van der Waals surface area contributed by atoms with Gasteiger partial charge in [0.2, 0.25) is 0 Å². The molecule has 0 atom stereocenters. The zero-order valence-corrected chi connectivity index (χ0v) is 31.6. The van der Waals surface area contributed by atoms with Crippen molar-refractivity contribution < 1.29 is 28.0 Å². The Balaban J connectivity index is 0.000000308. The smallest absolute Gasteiger partial charge is 0.404 e. The Bertz CT molecular complexity index is 1020. The Morgan fingerprint density at radius 1 is 0.837 bits per heavy atom. The third-order valence-corrected chi connectivity index (χ3v) is 8.76. The van der Waals surface area contributed by atoms with Crippen molar-refractivity contribution in [3.05, 3.63) is 39.4 Å². The van der Waals surface area contributed by atoms with Gasteiger partial charge in [0, 0.05) is 24.1 Å². The zero-order valence-electron chi connectivity index (χ0n) is 30.0. The van der Waals surface area contributed by atoms with Crippen LogP contribution >= 0.6 is 22.7 Å². The van der Waals surface area contributed by atoms with Gasteiger partial charge in [-0.05, 0) is 119 Å².